The van der Waals surface area contributed by atoms with Crippen molar-refractivity contribution < 1.29 is 4.74 Å². The second kappa shape index (κ2) is 7.97. The molecule has 1 atom stereocenters. The zero-order valence-corrected chi connectivity index (χ0v) is 14.4. The van der Waals surface area contributed by atoms with Crippen LogP contribution in [0.25, 0.3) is 0 Å². The topological polar surface area (TPSA) is 90.4 Å². The predicted molar refractivity (Wildman–Crippen MR) is 94.4 cm³/mol. The first-order valence-corrected chi connectivity index (χ1v) is 6.93. The van der Waals surface area contributed by atoms with Crippen molar-refractivity contribution in [1.29, 1.82) is 0 Å². The Morgan fingerprint density at radius 1 is 1.45 bits per heavy atom. The molecule has 1 aromatic carbocycles. The molecule has 1 aromatic heterocycles. The standard InChI is InChI=1S/C14H18N6O.HI/c15-14(17-6-7-20-10-16-9-18-20)19-12-5-8-21-13-4-2-1-3-11(12)13;/h1-4,9-10,12H,5-8H2,(H3,15,17,19);1H. The Morgan fingerprint density at radius 2 is 2.32 bits per heavy atom. The van der Waals surface area contributed by atoms with E-state index in [0.717, 1.165) is 17.7 Å². The van der Waals surface area contributed by atoms with Crippen molar-refractivity contribution in [2.24, 2.45) is 10.7 Å². The summed E-state index contributed by atoms with van der Waals surface area (Å²) in [6.07, 6.45) is 4.04. The number of benzene rings is 1. The van der Waals surface area contributed by atoms with E-state index in [1.54, 1.807) is 11.0 Å². The fraction of sp³-hybridized carbons (Fsp3) is 0.357. The smallest absolute Gasteiger partial charge is 0.189 e. The number of nitrogens with zero attached hydrogens (tertiary/aromatic N) is 4. The summed E-state index contributed by atoms with van der Waals surface area (Å²) in [5, 5.41) is 7.27. The largest absolute Gasteiger partial charge is 0.493 e. The van der Waals surface area contributed by atoms with Crippen molar-refractivity contribution in [2.45, 2.75) is 19.0 Å². The number of hydrogen-bond donors (Lipinski definition) is 2. The molecule has 0 spiro atoms. The monoisotopic (exact) mass is 414 g/mol. The van der Waals surface area contributed by atoms with Gasteiger partial charge in [0, 0.05) is 12.0 Å². The highest BCUT2D eigenvalue weighted by Gasteiger charge is 2.20. The van der Waals surface area contributed by atoms with Crippen LogP contribution < -0.4 is 15.8 Å². The van der Waals surface area contributed by atoms with Gasteiger partial charge in [0.25, 0.3) is 0 Å². The van der Waals surface area contributed by atoms with Gasteiger partial charge in [-0.3, -0.25) is 9.67 Å². The molecule has 0 aliphatic carbocycles. The van der Waals surface area contributed by atoms with Gasteiger partial charge >= 0.3 is 0 Å². The number of nitrogens with two attached hydrogens (primary N) is 1. The van der Waals surface area contributed by atoms with Gasteiger partial charge in [-0.25, -0.2) is 4.98 Å². The molecule has 118 valence electrons. The minimum Gasteiger partial charge on any atom is -0.493 e. The van der Waals surface area contributed by atoms with Crippen LogP contribution in [0.1, 0.15) is 18.0 Å². The molecule has 0 bridgehead atoms. The van der Waals surface area contributed by atoms with E-state index in [2.05, 4.69) is 26.5 Å². The van der Waals surface area contributed by atoms with Crippen LogP contribution in [0.15, 0.2) is 41.9 Å². The third-order valence-electron chi connectivity index (χ3n) is 3.36. The van der Waals surface area contributed by atoms with Crippen molar-refractivity contribution in [3.63, 3.8) is 0 Å². The number of guanidine groups is 1. The van der Waals surface area contributed by atoms with Crippen LogP contribution in [0, 0.1) is 0 Å². The Hall–Kier alpha value is -1.84. The molecule has 0 saturated carbocycles. The first kappa shape index (κ1) is 16.5. The molecule has 1 aliphatic heterocycles. The van der Waals surface area contributed by atoms with Crippen molar-refractivity contribution in [2.75, 3.05) is 13.2 Å². The van der Waals surface area contributed by atoms with Crippen LogP contribution >= 0.6 is 24.0 Å². The maximum atomic E-state index is 5.95. The van der Waals surface area contributed by atoms with E-state index in [4.69, 9.17) is 10.5 Å². The number of halogens is 1. The lowest BCUT2D eigenvalue weighted by molar-refractivity contribution is 0.262. The summed E-state index contributed by atoms with van der Waals surface area (Å²) in [7, 11) is 0. The molecular formula is C14H19IN6O. The summed E-state index contributed by atoms with van der Waals surface area (Å²) in [5.41, 5.74) is 7.08. The third-order valence-corrected chi connectivity index (χ3v) is 3.36. The van der Waals surface area contributed by atoms with Crippen LogP contribution in [0.4, 0.5) is 0 Å². The maximum absolute atomic E-state index is 5.95. The van der Waals surface area contributed by atoms with Crippen LogP contribution in [0.5, 0.6) is 5.75 Å². The van der Waals surface area contributed by atoms with E-state index in [9.17, 15) is 0 Å². The zero-order valence-electron chi connectivity index (χ0n) is 12.1. The number of fused-ring (bicyclic) bond motifs is 1. The molecule has 0 amide bonds. The van der Waals surface area contributed by atoms with E-state index >= 15 is 0 Å². The van der Waals surface area contributed by atoms with Crippen LogP contribution in [-0.2, 0) is 6.54 Å². The number of aliphatic imine (C=N–C) groups is 1. The lowest BCUT2D eigenvalue weighted by Gasteiger charge is -2.26. The fourth-order valence-electron chi connectivity index (χ4n) is 2.34. The second-order valence-corrected chi connectivity index (χ2v) is 4.80. The Bertz CT molecular complexity index is 616. The van der Waals surface area contributed by atoms with E-state index in [1.165, 1.54) is 6.33 Å². The highest BCUT2D eigenvalue weighted by Crippen LogP contribution is 2.31. The molecule has 0 radical (unpaired) electrons. The predicted octanol–water partition coefficient (Wildman–Crippen LogP) is 1.32. The van der Waals surface area contributed by atoms with Crippen molar-refractivity contribution in [3.05, 3.63) is 42.5 Å². The normalized spacial score (nSPS) is 17.1. The average molecular weight is 414 g/mol. The molecule has 3 N–H and O–H groups in total. The molecule has 2 heterocycles. The van der Waals surface area contributed by atoms with Gasteiger partial charge in [-0.05, 0) is 6.07 Å². The summed E-state index contributed by atoms with van der Waals surface area (Å²) in [6.45, 7) is 1.90. The van der Waals surface area contributed by atoms with E-state index in [0.29, 0.717) is 25.7 Å². The number of hydrogen-bond acceptors (Lipinski definition) is 4. The summed E-state index contributed by atoms with van der Waals surface area (Å²) in [4.78, 5) is 8.20. The van der Waals surface area contributed by atoms with Crippen LogP contribution in [0.3, 0.4) is 0 Å². The molecular weight excluding hydrogens is 395 g/mol. The van der Waals surface area contributed by atoms with Gasteiger partial charge in [-0.15, -0.1) is 24.0 Å². The Morgan fingerprint density at radius 3 is 3.14 bits per heavy atom. The lowest BCUT2D eigenvalue weighted by atomic mass is 10.0. The highest BCUT2D eigenvalue weighted by atomic mass is 127. The molecule has 3 rings (SSSR count). The zero-order chi connectivity index (χ0) is 14.5. The first-order valence-electron chi connectivity index (χ1n) is 6.93. The van der Waals surface area contributed by atoms with E-state index < -0.39 is 0 Å². The lowest BCUT2D eigenvalue weighted by Crippen LogP contribution is -2.37. The van der Waals surface area contributed by atoms with Gasteiger partial charge in [0.1, 0.15) is 18.4 Å². The quantitative estimate of drug-likeness (QED) is 0.448. The maximum Gasteiger partial charge on any atom is 0.189 e. The molecule has 8 heteroatoms. The number of rotatable bonds is 4. The second-order valence-electron chi connectivity index (χ2n) is 4.80. The van der Waals surface area contributed by atoms with Gasteiger partial charge in [0.15, 0.2) is 5.96 Å². The van der Waals surface area contributed by atoms with Crippen LogP contribution in [-0.4, -0.2) is 33.9 Å². The van der Waals surface area contributed by atoms with Gasteiger partial charge < -0.3 is 15.8 Å². The van der Waals surface area contributed by atoms with E-state index in [1.807, 2.05) is 18.2 Å². The highest BCUT2D eigenvalue weighted by molar-refractivity contribution is 14.0. The Labute approximate surface area is 146 Å². The Kier molecular flexibility index (Phi) is 5.99. The molecule has 1 unspecified atom stereocenters. The summed E-state index contributed by atoms with van der Waals surface area (Å²) < 4.78 is 7.35. The number of aromatic nitrogens is 3. The van der Waals surface area contributed by atoms with Gasteiger partial charge in [-0.1, -0.05) is 18.2 Å². The minimum absolute atomic E-state index is 0. The van der Waals surface area contributed by atoms with Gasteiger partial charge in [-0.2, -0.15) is 5.10 Å². The number of nitrogens with one attached hydrogen (secondary N) is 1. The third kappa shape index (κ3) is 4.09. The number of ether oxygens (including phenoxy) is 1. The summed E-state index contributed by atoms with van der Waals surface area (Å²) >= 11 is 0. The Balaban J connectivity index is 0.00000176. The number of para-hydroxylation sites is 1. The molecule has 0 saturated heterocycles. The van der Waals surface area contributed by atoms with Crippen molar-refractivity contribution in [3.8, 4) is 5.75 Å². The van der Waals surface area contributed by atoms with Crippen molar-refractivity contribution in [1.82, 2.24) is 20.1 Å². The minimum atomic E-state index is 0. The molecule has 2 aromatic rings. The molecule has 1 aliphatic rings. The van der Waals surface area contributed by atoms with Gasteiger partial charge in [0.05, 0.1) is 25.7 Å². The molecule has 7 nitrogen and oxygen atoms in total. The SMILES string of the molecule is I.NC(=NCCn1cncn1)NC1CCOc2ccccc21. The molecule has 22 heavy (non-hydrogen) atoms. The summed E-state index contributed by atoms with van der Waals surface area (Å²) in [5.74, 6) is 1.36. The van der Waals surface area contributed by atoms with Gasteiger partial charge in [0.2, 0.25) is 0 Å². The van der Waals surface area contributed by atoms with Crippen molar-refractivity contribution >= 4 is 29.9 Å². The first-order chi connectivity index (χ1) is 10.3. The van der Waals surface area contributed by atoms with Crippen LogP contribution in [0.2, 0.25) is 0 Å². The van der Waals surface area contributed by atoms with E-state index in [-0.39, 0.29) is 30.0 Å². The summed E-state index contributed by atoms with van der Waals surface area (Å²) in [6, 6.07) is 8.14. The molecule has 0 fully saturated rings. The average Bonchev–Trinajstić information content (AvgIpc) is 3.01. The fourth-order valence-corrected chi connectivity index (χ4v) is 2.34.